The number of methoxy groups -OCH3 is 1. The van der Waals surface area contributed by atoms with Crippen molar-refractivity contribution in [3.8, 4) is 0 Å². The van der Waals surface area contributed by atoms with Crippen LogP contribution in [0, 0.1) is 6.92 Å². The lowest BCUT2D eigenvalue weighted by atomic mass is 10.0. The van der Waals surface area contributed by atoms with Crippen molar-refractivity contribution in [1.82, 2.24) is 9.47 Å². The van der Waals surface area contributed by atoms with Crippen molar-refractivity contribution in [3.63, 3.8) is 0 Å². The highest BCUT2D eigenvalue weighted by atomic mass is 16.5. The summed E-state index contributed by atoms with van der Waals surface area (Å²) >= 11 is 0. The molecule has 0 radical (unpaired) electrons. The van der Waals surface area contributed by atoms with E-state index in [1.54, 1.807) is 15.5 Å². The number of likely N-dealkylation sites (tertiary alicyclic amines) is 1. The molecule has 2 aromatic rings. The maximum atomic E-state index is 12.2. The van der Waals surface area contributed by atoms with Gasteiger partial charge in [0.2, 0.25) is 5.91 Å². The van der Waals surface area contributed by atoms with Crippen LogP contribution in [-0.2, 0) is 14.3 Å². The normalized spacial score (nSPS) is 15.7. The van der Waals surface area contributed by atoms with E-state index in [2.05, 4.69) is 4.74 Å². The monoisotopic (exact) mass is 332 g/mol. The largest absolute Gasteiger partial charge is 0.469 e. The number of hydrogen-bond donors (Lipinski definition) is 0. The number of esters is 1. The second-order valence-corrected chi connectivity index (χ2v) is 6.07. The Morgan fingerprint density at radius 1 is 1.29 bits per heavy atom. The fourth-order valence-corrected chi connectivity index (χ4v) is 3.17. The molecular weight excluding hydrogens is 312 g/mol. The Labute approximate surface area is 138 Å². The molecule has 1 fully saturated rings. The van der Waals surface area contributed by atoms with Gasteiger partial charge in [-0.15, -0.1) is 0 Å². The Hall–Kier alpha value is -2.57. The zero-order valence-electron chi connectivity index (χ0n) is 13.8. The summed E-state index contributed by atoms with van der Waals surface area (Å²) in [6.07, 6.45) is 1.06. The van der Waals surface area contributed by atoms with Crippen molar-refractivity contribution < 1.29 is 18.7 Å². The van der Waals surface area contributed by atoms with Crippen LogP contribution >= 0.6 is 0 Å². The van der Waals surface area contributed by atoms with Gasteiger partial charge in [0.1, 0.15) is 6.42 Å². The van der Waals surface area contributed by atoms with Gasteiger partial charge in [-0.3, -0.25) is 14.2 Å². The average molecular weight is 332 g/mol. The first kappa shape index (κ1) is 16.3. The van der Waals surface area contributed by atoms with E-state index in [9.17, 15) is 14.4 Å². The number of piperidine rings is 1. The van der Waals surface area contributed by atoms with Gasteiger partial charge in [0.15, 0.2) is 5.58 Å². The molecule has 3 rings (SSSR count). The summed E-state index contributed by atoms with van der Waals surface area (Å²) in [5.41, 5.74) is 2.43. The second-order valence-electron chi connectivity index (χ2n) is 6.07. The van der Waals surface area contributed by atoms with Crippen LogP contribution < -0.4 is 5.76 Å². The summed E-state index contributed by atoms with van der Waals surface area (Å²) in [7, 11) is 1.26. The summed E-state index contributed by atoms with van der Waals surface area (Å²) in [6.45, 7) is 2.98. The van der Waals surface area contributed by atoms with Crippen LogP contribution in [0.5, 0.6) is 0 Å². The second kappa shape index (κ2) is 6.51. The molecule has 7 heteroatoms. The van der Waals surface area contributed by atoms with Crippen molar-refractivity contribution in [1.29, 1.82) is 0 Å². The highest BCUT2D eigenvalue weighted by molar-refractivity contribution is 5.94. The molecule has 1 aromatic heterocycles. The topological polar surface area (TPSA) is 81.8 Å². The van der Waals surface area contributed by atoms with Gasteiger partial charge in [-0.2, -0.15) is 0 Å². The van der Waals surface area contributed by atoms with E-state index >= 15 is 0 Å². The lowest BCUT2D eigenvalue weighted by molar-refractivity contribution is -0.147. The quantitative estimate of drug-likeness (QED) is 0.630. The first-order valence-corrected chi connectivity index (χ1v) is 7.96. The van der Waals surface area contributed by atoms with Crippen molar-refractivity contribution in [2.45, 2.75) is 32.2 Å². The molecule has 0 unspecified atom stereocenters. The van der Waals surface area contributed by atoms with Crippen LogP contribution in [0.2, 0.25) is 0 Å². The van der Waals surface area contributed by atoms with Crippen LogP contribution in [0.4, 0.5) is 0 Å². The first-order valence-electron chi connectivity index (χ1n) is 7.96. The van der Waals surface area contributed by atoms with Gasteiger partial charge in [0, 0.05) is 19.1 Å². The van der Waals surface area contributed by atoms with Crippen LogP contribution in [0.25, 0.3) is 11.1 Å². The number of carbonyl (C=O) groups is 2. The molecular formula is C17H20N2O5. The average Bonchev–Trinajstić information content (AvgIpc) is 2.89. The predicted octanol–water partition coefficient (Wildman–Crippen LogP) is 1.63. The van der Waals surface area contributed by atoms with E-state index in [0.29, 0.717) is 31.5 Å². The molecule has 7 nitrogen and oxygen atoms in total. The first-order chi connectivity index (χ1) is 11.5. The minimum atomic E-state index is -0.533. The number of amides is 1. The zero-order chi connectivity index (χ0) is 17.3. The Morgan fingerprint density at radius 2 is 2.00 bits per heavy atom. The number of aromatic nitrogens is 1. The third-order valence-electron chi connectivity index (χ3n) is 4.47. The summed E-state index contributed by atoms with van der Waals surface area (Å²) in [6, 6.07) is 5.64. The van der Waals surface area contributed by atoms with Crippen molar-refractivity contribution >= 4 is 23.0 Å². The smallest absolute Gasteiger partial charge is 0.420 e. The number of ether oxygens (including phenoxy) is 1. The highest BCUT2D eigenvalue weighted by Crippen LogP contribution is 2.26. The number of nitrogens with zero attached hydrogens (tertiary/aromatic N) is 2. The predicted molar refractivity (Wildman–Crippen MR) is 86.7 cm³/mol. The van der Waals surface area contributed by atoms with Gasteiger partial charge in [-0.05, 0) is 37.5 Å². The summed E-state index contributed by atoms with van der Waals surface area (Å²) in [5.74, 6) is -1.13. The summed E-state index contributed by atoms with van der Waals surface area (Å²) in [5, 5.41) is 0. The minimum absolute atomic E-state index is 0.0114. The lowest BCUT2D eigenvalue weighted by Crippen LogP contribution is -2.41. The van der Waals surface area contributed by atoms with Crippen molar-refractivity contribution in [2.75, 3.05) is 20.2 Å². The fraction of sp³-hybridized carbons (Fsp3) is 0.471. The molecule has 1 aliphatic heterocycles. The Kier molecular flexibility index (Phi) is 4.42. The number of aryl methyl sites for hydroxylation is 1. The maximum absolute atomic E-state index is 12.2. The van der Waals surface area contributed by atoms with Gasteiger partial charge in [0.05, 0.1) is 12.6 Å². The Balaban J connectivity index is 1.75. The van der Waals surface area contributed by atoms with Crippen LogP contribution in [0.3, 0.4) is 0 Å². The molecule has 0 atom stereocenters. The molecule has 0 saturated carbocycles. The molecule has 1 amide bonds. The van der Waals surface area contributed by atoms with Gasteiger partial charge in [0.25, 0.3) is 0 Å². The summed E-state index contributed by atoms with van der Waals surface area (Å²) in [4.78, 5) is 37.1. The van der Waals surface area contributed by atoms with Crippen molar-refractivity contribution in [3.05, 3.63) is 34.3 Å². The van der Waals surface area contributed by atoms with E-state index in [4.69, 9.17) is 4.42 Å². The Bertz CT molecular complexity index is 827. The number of fused-ring (bicyclic) bond motifs is 1. The lowest BCUT2D eigenvalue weighted by Gasteiger charge is -2.32. The molecule has 128 valence electrons. The molecule has 2 heterocycles. The molecule has 1 aromatic carbocycles. The zero-order valence-corrected chi connectivity index (χ0v) is 13.8. The molecule has 0 N–H and O–H groups in total. The standard InChI is InChI=1S/C17H20N2O5/c1-11-3-4-14-13(9-11)19(17(22)24-14)12-5-7-18(8-6-12)15(20)10-16(21)23-2/h3-4,9,12H,5-8,10H2,1-2H3. The third-order valence-corrected chi connectivity index (χ3v) is 4.47. The molecule has 1 saturated heterocycles. The third kappa shape index (κ3) is 3.06. The molecule has 0 spiro atoms. The SMILES string of the molecule is COC(=O)CC(=O)N1CCC(n2c(=O)oc3ccc(C)cc32)CC1. The van der Waals surface area contributed by atoms with Gasteiger partial charge >= 0.3 is 11.7 Å². The number of benzene rings is 1. The molecule has 1 aliphatic rings. The van der Waals surface area contributed by atoms with E-state index < -0.39 is 5.97 Å². The van der Waals surface area contributed by atoms with E-state index in [1.165, 1.54) is 7.11 Å². The number of oxazole rings is 1. The minimum Gasteiger partial charge on any atom is -0.469 e. The number of hydrogen-bond acceptors (Lipinski definition) is 5. The molecule has 0 aliphatic carbocycles. The summed E-state index contributed by atoms with van der Waals surface area (Å²) < 4.78 is 11.5. The van der Waals surface area contributed by atoms with E-state index in [-0.39, 0.29) is 24.1 Å². The van der Waals surface area contributed by atoms with Crippen LogP contribution in [0.1, 0.15) is 30.9 Å². The molecule has 0 bridgehead atoms. The van der Waals surface area contributed by atoms with Crippen molar-refractivity contribution in [2.24, 2.45) is 0 Å². The van der Waals surface area contributed by atoms with Gasteiger partial charge in [-0.1, -0.05) is 6.07 Å². The van der Waals surface area contributed by atoms with Crippen LogP contribution in [0.15, 0.2) is 27.4 Å². The highest BCUT2D eigenvalue weighted by Gasteiger charge is 2.27. The van der Waals surface area contributed by atoms with Gasteiger partial charge in [-0.25, -0.2) is 4.79 Å². The van der Waals surface area contributed by atoms with Crippen LogP contribution in [-0.4, -0.2) is 41.5 Å². The van der Waals surface area contributed by atoms with E-state index in [1.807, 2.05) is 19.1 Å². The fourth-order valence-electron chi connectivity index (χ4n) is 3.17. The van der Waals surface area contributed by atoms with E-state index in [0.717, 1.165) is 11.1 Å². The van der Waals surface area contributed by atoms with Gasteiger partial charge < -0.3 is 14.1 Å². The number of carbonyl (C=O) groups excluding carboxylic acids is 2. The number of rotatable bonds is 3. The molecule has 24 heavy (non-hydrogen) atoms. The maximum Gasteiger partial charge on any atom is 0.420 e. The Morgan fingerprint density at radius 3 is 2.67 bits per heavy atom.